The maximum atomic E-state index is 12.3. The Morgan fingerprint density at radius 3 is 2.50 bits per heavy atom. The largest absolute Gasteiger partial charge is 0.397 e. The molecule has 68 valence electrons. The number of aromatic nitrogens is 1. The van der Waals surface area contributed by atoms with Crippen molar-refractivity contribution < 1.29 is 13.2 Å². The van der Waals surface area contributed by atoms with Gasteiger partial charge in [0.05, 0.1) is 5.92 Å². The molecule has 1 unspecified atom stereocenters. The minimum absolute atomic E-state index is 0.0734. The van der Waals surface area contributed by atoms with Gasteiger partial charge >= 0.3 is 6.18 Å². The number of aromatic amines is 1. The quantitative estimate of drug-likeness (QED) is 0.714. The van der Waals surface area contributed by atoms with Crippen molar-refractivity contribution in [1.29, 1.82) is 0 Å². The molecule has 0 amide bonds. The van der Waals surface area contributed by atoms with E-state index in [0.717, 1.165) is 0 Å². The number of nitrogens with one attached hydrogen (secondary N) is 1. The van der Waals surface area contributed by atoms with Gasteiger partial charge in [0.25, 0.3) is 0 Å². The zero-order valence-electron chi connectivity index (χ0n) is 6.65. The van der Waals surface area contributed by atoms with Crippen molar-refractivity contribution in [2.45, 2.75) is 25.4 Å². The van der Waals surface area contributed by atoms with Gasteiger partial charge in [0.1, 0.15) is 0 Å². The van der Waals surface area contributed by atoms with Gasteiger partial charge in [-0.15, -0.1) is 0 Å². The molecule has 1 heterocycles. The molecule has 1 aromatic heterocycles. The lowest BCUT2D eigenvalue weighted by Gasteiger charge is -2.16. The van der Waals surface area contributed by atoms with E-state index in [1.165, 1.54) is 19.2 Å². The molecule has 0 spiro atoms. The fourth-order valence-corrected chi connectivity index (χ4v) is 1.19. The number of hydrogen-bond acceptors (Lipinski definition) is 0. The third-order valence-electron chi connectivity index (χ3n) is 1.80. The molecule has 0 aliphatic carbocycles. The summed E-state index contributed by atoms with van der Waals surface area (Å²) in [7, 11) is 0. The fourth-order valence-electron chi connectivity index (χ4n) is 1.19. The molecule has 1 N–H and O–H groups in total. The summed E-state index contributed by atoms with van der Waals surface area (Å²) in [6, 6.07) is 3.03. The molecule has 0 saturated carbocycles. The van der Waals surface area contributed by atoms with Crippen molar-refractivity contribution in [2.75, 3.05) is 0 Å². The second kappa shape index (κ2) is 3.21. The van der Waals surface area contributed by atoms with Crippen molar-refractivity contribution in [3.8, 4) is 0 Å². The van der Waals surface area contributed by atoms with E-state index in [4.69, 9.17) is 0 Å². The van der Waals surface area contributed by atoms with Gasteiger partial charge in [-0.25, -0.2) is 0 Å². The first-order chi connectivity index (χ1) is 5.55. The third-order valence-corrected chi connectivity index (χ3v) is 1.80. The molecular formula is C8H10F3N. The molecule has 0 aliphatic rings. The van der Waals surface area contributed by atoms with Crippen LogP contribution in [0.5, 0.6) is 0 Å². The van der Waals surface area contributed by atoms with Crippen LogP contribution in [0.1, 0.15) is 25.0 Å². The van der Waals surface area contributed by atoms with Crippen LogP contribution in [-0.2, 0) is 0 Å². The van der Waals surface area contributed by atoms with Crippen LogP contribution in [0.25, 0.3) is 0 Å². The van der Waals surface area contributed by atoms with Crippen LogP contribution < -0.4 is 0 Å². The van der Waals surface area contributed by atoms with E-state index < -0.39 is 12.1 Å². The van der Waals surface area contributed by atoms with Gasteiger partial charge in [-0.05, 0) is 18.6 Å². The Kier molecular flexibility index (Phi) is 2.45. The first kappa shape index (κ1) is 9.16. The molecule has 1 nitrogen and oxygen atoms in total. The normalized spacial score (nSPS) is 14.7. The van der Waals surface area contributed by atoms with E-state index in [9.17, 15) is 13.2 Å². The Balaban J connectivity index is 2.84. The summed E-state index contributed by atoms with van der Waals surface area (Å²) >= 11 is 0. The minimum Gasteiger partial charge on any atom is -0.364 e. The van der Waals surface area contributed by atoms with Crippen molar-refractivity contribution in [3.05, 3.63) is 24.0 Å². The molecule has 4 heteroatoms. The van der Waals surface area contributed by atoms with Gasteiger partial charge in [-0.1, -0.05) is 6.92 Å². The van der Waals surface area contributed by atoms with Crippen LogP contribution in [0, 0.1) is 0 Å². The average molecular weight is 177 g/mol. The number of alkyl halides is 3. The Hall–Kier alpha value is -0.930. The van der Waals surface area contributed by atoms with E-state index in [-0.39, 0.29) is 12.1 Å². The first-order valence-electron chi connectivity index (χ1n) is 3.75. The molecule has 1 rings (SSSR count). The van der Waals surface area contributed by atoms with Gasteiger partial charge in [0.2, 0.25) is 0 Å². The van der Waals surface area contributed by atoms with Crippen LogP contribution >= 0.6 is 0 Å². The monoisotopic (exact) mass is 177 g/mol. The van der Waals surface area contributed by atoms with Crippen LogP contribution in [0.3, 0.4) is 0 Å². The Labute approximate surface area is 68.6 Å². The number of H-pyrrole nitrogens is 1. The van der Waals surface area contributed by atoms with Gasteiger partial charge in [-0.2, -0.15) is 13.2 Å². The van der Waals surface area contributed by atoms with E-state index >= 15 is 0 Å². The lowest BCUT2D eigenvalue weighted by atomic mass is 10.0. The van der Waals surface area contributed by atoms with Crippen LogP contribution in [0.15, 0.2) is 18.3 Å². The smallest absolute Gasteiger partial charge is 0.364 e. The standard InChI is InChI=1S/C8H10F3N/c1-2-6(8(9,10)11)7-4-3-5-12-7/h3-6,12H,2H2,1H3. The predicted octanol–water partition coefficient (Wildman–Crippen LogP) is 3.07. The Morgan fingerprint density at radius 2 is 2.17 bits per heavy atom. The van der Waals surface area contributed by atoms with Crippen molar-refractivity contribution in [2.24, 2.45) is 0 Å². The maximum absolute atomic E-state index is 12.3. The lowest BCUT2D eigenvalue weighted by molar-refractivity contribution is -0.151. The Morgan fingerprint density at radius 1 is 1.50 bits per heavy atom. The van der Waals surface area contributed by atoms with Gasteiger partial charge in [0, 0.05) is 11.9 Å². The maximum Gasteiger partial charge on any atom is 0.397 e. The highest BCUT2D eigenvalue weighted by Gasteiger charge is 2.39. The Bertz CT molecular complexity index is 225. The highest BCUT2D eigenvalue weighted by atomic mass is 19.4. The fraction of sp³-hybridized carbons (Fsp3) is 0.500. The number of rotatable bonds is 2. The van der Waals surface area contributed by atoms with Crippen molar-refractivity contribution in [1.82, 2.24) is 4.98 Å². The second-order valence-electron chi connectivity index (χ2n) is 2.63. The van der Waals surface area contributed by atoms with Crippen molar-refractivity contribution in [3.63, 3.8) is 0 Å². The summed E-state index contributed by atoms with van der Waals surface area (Å²) in [6.45, 7) is 1.53. The first-order valence-corrected chi connectivity index (χ1v) is 3.75. The van der Waals surface area contributed by atoms with Crippen LogP contribution in [-0.4, -0.2) is 11.2 Å². The molecule has 1 atom stereocenters. The highest BCUT2D eigenvalue weighted by molar-refractivity contribution is 5.11. The number of hydrogen-bond donors (Lipinski definition) is 1. The molecule has 0 radical (unpaired) electrons. The minimum atomic E-state index is -4.14. The van der Waals surface area contributed by atoms with E-state index in [1.54, 1.807) is 6.07 Å². The molecule has 1 aromatic rings. The molecular weight excluding hydrogens is 167 g/mol. The van der Waals surface area contributed by atoms with E-state index in [0.29, 0.717) is 0 Å². The van der Waals surface area contributed by atoms with Crippen LogP contribution in [0.2, 0.25) is 0 Å². The summed E-state index contributed by atoms with van der Waals surface area (Å²) in [6.07, 6.45) is -2.56. The van der Waals surface area contributed by atoms with Crippen molar-refractivity contribution >= 4 is 0 Å². The molecule has 0 aliphatic heterocycles. The molecule has 0 aromatic carbocycles. The average Bonchev–Trinajstić information content (AvgIpc) is 2.38. The summed E-state index contributed by atoms with van der Waals surface area (Å²) < 4.78 is 36.8. The molecule has 0 saturated heterocycles. The summed E-state index contributed by atoms with van der Waals surface area (Å²) in [5, 5.41) is 0. The van der Waals surface area contributed by atoms with Gasteiger partial charge in [0.15, 0.2) is 0 Å². The SMILES string of the molecule is CCC(c1ccc[nH]1)C(F)(F)F. The molecule has 0 fully saturated rings. The topological polar surface area (TPSA) is 15.8 Å². The summed E-state index contributed by atoms with van der Waals surface area (Å²) in [5.74, 6) is -1.35. The molecule has 0 bridgehead atoms. The van der Waals surface area contributed by atoms with E-state index in [2.05, 4.69) is 4.98 Å². The third kappa shape index (κ3) is 1.81. The number of halogens is 3. The predicted molar refractivity (Wildman–Crippen MR) is 39.9 cm³/mol. The molecule has 12 heavy (non-hydrogen) atoms. The zero-order valence-corrected chi connectivity index (χ0v) is 6.65. The summed E-state index contributed by atoms with van der Waals surface area (Å²) in [5.41, 5.74) is 0.241. The van der Waals surface area contributed by atoms with E-state index in [1.807, 2.05) is 0 Å². The van der Waals surface area contributed by atoms with Gasteiger partial charge in [-0.3, -0.25) is 0 Å². The summed E-state index contributed by atoms with van der Waals surface area (Å²) in [4.78, 5) is 2.57. The second-order valence-corrected chi connectivity index (χ2v) is 2.63. The van der Waals surface area contributed by atoms with Crippen LogP contribution in [0.4, 0.5) is 13.2 Å². The highest BCUT2D eigenvalue weighted by Crippen LogP contribution is 2.36. The lowest BCUT2D eigenvalue weighted by Crippen LogP contribution is -2.20. The zero-order chi connectivity index (χ0) is 9.19. The van der Waals surface area contributed by atoms with Gasteiger partial charge < -0.3 is 4.98 Å².